The van der Waals surface area contributed by atoms with Crippen LogP contribution in [0.3, 0.4) is 0 Å². The molecule has 2 atom stereocenters. The van der Waals surface area contributed by atoms with Gasteiger partial charge in [0, 0.05) is 7.11 Å². The van der Waals surface area contributed by atoms with Crippen LogP contribution in [-0.2, 0) is 4.74 Å². The van der Waals surface area contributed by atoms with Gasteiger partial charge in [-0.2, -0.15) is 0 Å². The molecule has 0 N–H and O–H groups in total. The maximum Gasteiger partial charge on any atom is 0.100 e. The van der Waals surface area contributed by atoms with Crippen LogP contribution in [0.25, 0.3) is 0 Å². The van der Waals surface area contributed by atoms with E-state index in [0.29, 0.717) is 25.4 Å². The molecule has 0 saturated carbocycles. The molecule has 0 bridgehead atoms. The first-order valence-electron chi connectivity index (χ1n) is 6.12. The summed E-state index contributed by atoms with van der Waals surface area (Å²) in [7, 11) is 1.71. The van der Waals surface area contributed by atoms with E-state index in [9.17, 15) is 4.39 Å². The maximum absolute atomic E-state index is 13.5. The number of halogens is 1. The van der Waals surface area contributed by atoms with Crippen molar-refractivity contribution in [3.8, 4) is 0 Å². The Balaban J connectivity index is 4.48. The number of methoxy groups -OCH3 is 1. The highest BCUT2D eigenvalue weighted by atomic mass is 19.1. The fourth-order valence-electron chi connectivity index (χ4n) is 2.38. The lowest BCUT2D eigenvalue weighted by Gasteiger charge is -2.35. The Labute approximate surface area is 94.4 Å². The van der Waals surface area contributed by atoms with Gasteiger partial charge < -0.3 is 4.74 Å². The van der Waals surface area contributed by atoms with Gasteiger partial charge in [-0.3, -0.25) is 0 Å². The zero-order valence-electron chi connectivity index (χ0n) is 11.0. The van der Waals surface area contributed by atoms with E-state index in [0.717, 1.165) is 12.8 Å². The molecule has 0 saturated heterocycles. The molecule has 0 amide bonds. The van der Waals surface area contributed by atoms with Crippen molar-refractivity contribution in [2.75, 3.05) is 13.7 Å². The van der Waals surface area contributed by atoms with Gasteiger partial charge in [-0.1, -0.05) is 27.7 Å². The van der Waals surface area contributed by atoms with Crippen LogP contribution in [-0.4, -0.2) is 19.9 Å². The topological polar surface area (TPSA) is 9.23 Å². The van der Waals surface area contributed by atoms with Gasteiger partial charge in [0.1, 0.15) is 6.17 Å². The lowest BCUT2D eigenvalue weighted by molar-refractivity contribution is 0.0313. The SMILES string of the molecule is CCC(F)CC(CC)(COC)CC(C)C. The summed E-state index contributed by atoms with van der Waals surface area (Å²) in [6.45, 7) is 9.12. The molecule has 92 valence electrons. The lowest BCUT2D eigenvalue weighted by Crippen LogP contribution is -2.31. The third-order valence-corrected chi connectivity index (χ3v) is 3.14. The summed E-state index contributed by atoms with van der Waals surface area (Å²) in [6, 6.07) is 0. The number of hydrogen-bond donors (Lipinski definition) is 0. The third-order valence-electron chi connectivity index (χ3n) is 3.14. The maximum atomic E-state index is 13.5. The summed E-state index contributed by atoms with van der Waals surface area (Å²) < 4.78 is 18.8. The van der Waals surface area contributed by atoms with Crippen molar-refractivity contribution in [1.29, 1.82) is 0 Å². The summed E-state index contributed by atoms with van der Waals surface area (Å²) in [5.41, 5.74) is 0.0400. The monoisotopic (exact) mass is 218 g/mol. The molecule has 0 aliphatic heterocycles. The molecule has 15 heavy (non-hydrogen) atoms. The molecule has 0 aliphatic rings. The quantitative estimate of drug-likeness (QED) is 0.593. The minimum atomic E-state index is -0.682. The standard InChI is InChI=1S/C13H27FO/c1-6-12(14)9-13(7-2,10-15-5)8-11(3)4/h11-12H,6-10H2,1-5H3. The van der Waals surface area contributed by atoms with Crippen molar-refractivity contribution >= 4 is 0 Å². The van der Waals surface area contributed by atoms with E-state index < -0.39 is 6.17 Å². The Morgan fingerprint density at radius 3 is 2.13 bits per heavy atom. The first-order chi connectivity index (χ1) is 6.99. The first kappa shape index (κ1) is 14.9. The van der Waals surface area contributed by atoms with E-state index in [-0.39, 0.29) is 5.41 Å². The Kier molecular flexibility index (Phi) is 7.16. The van der Waals surface area contributed by atoms with Crippen LogP contribution in [0.15, 0.2) is 0 Å². The van der Waals surface area contributed by atoms with Crippen molar-refractivity contribution in [2.24, 2.45) is 11.3 Å². The Hall–Kier alpha value is -0.110. The minimum absolute atomic E-state index is 0.0400. The van der Waals surface area contributed by atoms with Gasteiger partial charge in [0.2, 0.25) is 0 Å². The van der Waals surface area contributed by atoms with Crippen LogP contribution in [0.5, 0.6) is 0 Å². The number of rotatable bonds is 8. The predicted molar refractivity (Wildman–Crippen MR) is 63.9 cm³/mol. The van der Waals surface area contributed by atoms with Crippen molar-refractivity contribution in [3.05, 3.63) is 0 Å². The fourth-order valence-corrected chi connectivity index (χ4v) is 2.38. The van der Waals surface area contributed by atoms with Crippen molar-refractivity contribution in [3.63, 3.8) is 0 Å². The number of hydrogen-bond acceptors (Lipinski definition) is 1. The zero-order valence-corrected chi connectivity index (χ0v) is 11.0. The van der Waals surface area contributed by atoms with E-state index >= 15 is 0 Å². The molecule has 0 aromatic rings. The second-order valence-electron chi connectivity index (χ2n) is 5.09. The normalized spacial score (nSPS) is 17.8. The van der Waals surface area contributed by atoms with Crippen molar-refractivity contribution in [1.82, 2.24) is 0 Å². The van der Waals surface area contributed by atoms with E-state index in [1.807, 2.05) is 6.92 Å². The smallest absolute Gasteiger partial charge is 0.100 e. The molecule has 0 aromatic carbocycles. The van der Waals surface area contributed by atoms with E-state index in [4.69, 9.17) is 4.74 Å². The average molecular weight is 218 g/mol. The molecule has 0 rings (SSSR count). The van der Waals surface area contributed by atoms with Gasteiger partial charge in [-0.25, -0.2) is 4.39 Å². The van der Waals surface area contributed by atoms with Crippen LogP contribution in [0.1, 0.15) is 53.4 Å². The molecule has 0 radical (unpaired) electrons. The number of ether oxygens (including phenoxy) is 1. The van der Waals surface area contributed by atoms with Crippen LogP contribution in [0.2, 0.25) is 0 Å². The Morgan fingerprint density at radius 2 is 1.80 bits per heavy atom. The Bertz CT molecular complexity index is 159. The molecule has 1 nitrogen and oxygen atoms in total. The highest BCUT2D eigenvalue weighted by Crippen LogP contribution is 2.36. The lowest BCUT2D eigenvalue weighted by atomic mass is 9.74. The summed E-state index contributed by atoms with van der Waals surface area (Å²) in [5, 5.41) is 0. The molecule has 2 unspecified atom stereocenters. The number of alkyl halides is 1. The zero-order chi connectivity index (χ0) is 11.9. The van der Waals surface area contributed by atoms with Crippen LogP contribution in [0.4, 0.5) is 4.39 Å². The Morgan fingerprint density at radius 1 is 1.20 bits per heavy atom. The van der Waals surface area contributed by atoms with Crippen molar-refractivity contribution < 1.29 is 9.13 Å². The molecule has 2 heteroatoms. The summed E-state index contributed by atoms with van der Waals surface area (Å²) >= 11 is 0. The van der Waals surface area contributed by atoms with E-state index in [1.165, 1.54) is 0 Å². The van der Waals surface area contributed by atoms with Crippen LogP contribution in [0, 0.1) is 11.3 Å². The van der Waals surface area contributed by atoms with Gasteiger partial charge in [0.05, 0.1) is 6.61 Å². The van der Waals surface area contributed by atoms with E-state index in [2.05, 4.69) is 20.8 Å². The van der Waals surface area contributed by atoms with Crippen molar-refractivity contribution in [2.45, 2.75) is 59.5 Å². The third kappa shape index (κ3) is 5.50. The molecule has 0 aliphatic carbocycles. The second kappa shape index (κ2) is 7.21. The fraction of sp³-hybridized carbons (Fsp3) is 1.00. The second-order valence-corrected chi connectivity index (χ2v) is 5.09. The summed E-state index contributed by atoms with van der Waals surface area (Å²) in [5.74, 6) is 0.601. The first-order valence-corrected chi connectivity index (χ1v) is 6.12. The summed E-state index contributed by atoms with van der Waals surface area (Å²) in [6.07, 6.45) is 2.63. The predicted octanol–water partition coefficient (Wildman–Crippen LogP) is 4.21. The molecule has 0 aromatic heterocycles. The molecule has 0 fully saturated rings. The van der Waals surface area contributed by atoms with Crippen LogP contribution >= 0.6 is 0 Å². The van der Waals surface area contributed by atoms with Gasteiger partial charge in [-0.05, 0) is 37.0 Å². The largest absolute Gasteiger partial charge is 0.384 e. The van der Waals surface area contributed by atoms with Gasteiger partial charge in [-0.15, -0.1) is 0 Å². The highest BCUT2D eigenvalue weighted by molar-refractivity contribution is 4.81. The molecule has 0 heterocycles. The minimum Gasteiger partial charge on any atom is -0.384 e. The van der Waals surface area contributed by atoms with E-state index in [1.54, 1.807) is 7.11 Å². The molecule has 0 spiro atoms. The molecular weight excluding hydrogens is 191 g/mol. The average Bonchev–Trinajstić information content (AvgIpc) is 2.16. The molecular formula is C13H27FO. The van der Waals surface area contributed by atoms with Gasteiger partial charge >= 0.3 is 0 Å². The van der Waals surface area contributed by atoms with Crippen LogP contribution < -0.4 is 0 Å². The van der Waals surface area contributed by atoms with Gasteiger partial charge in [0.25, 0.3) is 0 Å². The summed E-state index contributed by atoms with van der Waals surface area (Å²) in [4.78, 5) is 0. The van der Waals surface area contributed by atoms with Gasteiger partial charge in [0.15, 0.2) is 0 Å². The highest BCUT2D eigenvalue weighted by Gasteiger charge is 2.31.